The lowest BCUT2D eigenvalue weighted by Gasteiger charge is -2.19. The van der Waals surface area contributed by atoms with E-state index in [0.717, 1.165) is 27.6 Å². The Hall–Kier alpha value is -6.73. The number of carboxylic acids is 1. The molecule has 8 N–H and O–H groups in total. The van der Waals surface area contributed by atoms with E-state index < -0.39 is 48.9 Å². The zero-order chi connectivity index (χ0) is 43.9. The topological polar surface area (TPSA) is 209 Å². The summed E-state index contributed by atoms with van der Waals surface area (Å²) in [6.45, 7) is 5.23. The quantitative estimate of drug-likeness (QED) is 0.0606. The van der Waals surface area contributed by atoms with Gasteiger partial charge in [-0.05, 0) is 92.6 Å². The van der Waals surface area contributed by atoms with Crippen molar-refractivity contribution in [3.63, 3.8) is 0 Å². The highest BCUT2D eigenvalue weighted by atomic mass is 16.5. The fourth-order valence-corrected chi connectivity index (χ4v) is 5.77. The highest BCUT2D eigenvalue weighted by Gasteiger charge is 2.22. The van der Waals surface area contributed by atoms with Crippen LogP contribution in [0.15, 0.2) is 121 Å². The number of nitrogens with two attached hydrogens (primary N) is 1. The highest BCUT2D eigenvalue weighted by molar-refractivity contribution is 5.92. The summed E-state index contributed by atoms with van der Waals surface area (Å²) in [7, 11) is 1.61. The monoisotopic (exact) mass is 819 g/mol. The second-order valence-corrected chi connectivity index (χ2v) is 14.2. The van der Waals surface area contributed by atoms with Crippen molar-refractivity contribution in [2.75, 3.05) is 26.7 Å². The number of aromatic hydroxyl groups is 1. The number of rotatable bonds is 17. The maximum absolute atomic E-state index is 12.8. The zero-order valence-corrected chi connectivity index (χ0v) is 34.7. The molecule has 0 saturated carbocycles. The lowest BCUT2D eigenvalue weighted by atomic mass is 9.97. The Morgan fingerprint density at radius 1 is 0.683 bits per heavy atom. The maximum Gasteiger partial charge on any atom is 0.322 e. The van der Waals surface area contributed by atoms with Gasteiger partial charge in [-0.15, -0.1) is 0 Å². The number of nitrogens with one attached hydrogen (secondary N) is 4. The number of unbranched alkanes of at least 4 members (excludes halogenated alkanes) is 1. The van der Waals surface area contributed by atoms with Crippen LogP contribution in [0, 0.1) is 13.8 Å². The average molecular weight is 820 g/mol. The fourth-order valence-electron chi connectivity index (χ4n) is 5.77. The molecule has 0 aliphatic carbocycles. The lowest BCUT2D eigenvalue weighted by molar-refractivity contribution is -0.138. The summed E-state index contributed by atoms with van der Waals surface area (Å²) in [5.41, 5.74) is 10.2. The van der Waals surface area contributed by atoms with Gasteiger partial charge in [-0.1, -0.05) is 108 Å². The van der Waals surface area contributed by atoms with Gasteiger partial charge in [0.05, 0.1) is 25.6 Å². The van der Waals surface area contributed by atoms with Crippen molar-refractivity contribution in [1.82, 2.24) is 21.3 Å². The van der Waals surface area contributed by atoms with Crippen LogP contribution in [0.2, 0.25) is 0 Å². The Bertz CT molecular complexity index is 2090. The number of carboxylic acid groups (broad SMARTS) is 1. The van der Waals surface area contributed by atoms with Crippen molar-refractivity contribution in [2.24, 2.45) is 5.73 Å². The summed E-state index contributed by atoms with van der Waals surface area (Å²) in [6.07, 6.45) is 1.45. The van der Waals surface area contributed by atoms with Crippen molar-refractivity contribution < 1.29 is 38.9 Å². The van der Waals surface area contributed by atoms with Gasteiger partial charge in [0.2, 0.25) is 23.6 Å². The largest absolute Gasteiger partial charge is 0.508 e. The van der Waals surface area contributed by atoms with Crippen LogP contribution in [-0.2, 0) is 30.4 Å². The molecule has 2 unspecified atom stereocenters. The summed E-state index contributed by atoms with van der Waals surface area (Å²) in [5, 5.41) is 29.9. The van der Waals surface area contributed by atoms with E-state index in [1.54, 1.807) is 19.2 Å². The molecule has 60 heavy (non-hydrogen) atoms. The van der Waals surface area contributed by atoms with Gasteiger partial charge >= 0.3 is 5.97 Å². The predicted molar refractivity (Wildman–Crippen MR) is 234 cm³/mol. The number of carbonyl (C=O) groups excluding carboxylic acids is 4. The third kappa shape index (κ3) is 17.8. The molecule has 0 bridgehead atoms. The number of benzene rings is 5. The molecule has 5 rings (SSSR count). The van der Waals surface area contributed by atoms with Crippen molar-refractivity contribution in [1.29, 1.82) is 0 Å². The second kappa shape index (κ2) is 25.6. The predicted octanol–water partition coefficient (Wildman–Crippen LogP) is 5.31. The van der Waals surface area contributed by atoms with Gasteiger partial charge < -0.3 is 42.0 Å². The van der Waals surface area contributed by atoms with E-state index in [2.05, 4.69) is 40.3 Å². The number of hydrogen-bond donors (Lipinski definition) is 7. The molecular weight excluding hydrogens is 763 g/mol. The number of phenolic OH excluding ortho intramolecular Hbond substituents is 1. The van der Waals surface area contributed by atoms with E-state index in [0.29, 0.717) is 31.6 Å². The van der Waals surface area contributed by atoms with Crippen LogP contribution < -0.4 is 31.7 Å². The van der Waals surface area contributed by atoms with E-state index in [4.69, 9.17) is 20.7 Å². The number of fused-ring (bicyclic) bond motifs is 1. The molecular formula is C47H57N5O8. The van der Waals surface area contributed by atoms with Gasteiger partial charge in [0.15, 0.2) is 0 Å². The van der Waals surface area contributed by atoms with E-state index in [1.165, 1.54) is 11.1 Å². The lowest BCUT2D eigenvalue weighted by Crippen LogP contribution is -2.51. The van der Waals surface area contributed by atoms with Crippen molar-refractivity contribution in [3.05, 3.63) is 144 Å². The summed E-state index contributed by atoms with van der Waals surface area (Å²) in [6, 6.07) is 36.2. The van der Waals surface area contributed by atoms with Crippen molar-refractivity contribution in [3.8, 4) is 11.5 Å². The van der Waals surface area contributed by atoms with Crippen LogP contribution in [-0.4, -0.2) is 78.6 Å². The average Bonchev–Trinajstić information content (AvgIpc) is 3.25. The first-order chi connectivity index (χ1) is 28.7. The van der Waals surface area contributed by atoms with Gasteiger partial charge in [-0.2, -0.15) is 0 Å². The molecule has 3 atom stereocenters. The number of phenols is 1. The summed E-state index contributed by atoms with van der Waals surface area (Å²) in [4.78, 5) is 61.3. The Kier molecular flexibility index (Phi) is 20.3. The fraction of sp³-hybridized carbons (Fsp3) is 0.298. The smallest absolute Gasteiger partial charge is 0.322 e. The number of amides is 4. The molecule has 0 aromatic heterocycles. The Labute approximate surface area is 351 Å². The maximum atomic E-state index is 12.8. The first-order valence-electron chi connectivity index (χ1n) is 19.7. The van der Waals surface area contributed by atoms with Gasteiger partial charge in [-0.3, -0.25) is 24.0 Å². The Morgan fingerprint density at radius 3 is 1.88 bits per heavy atom. The molecule has 5 aromatic rings. The molecule has 0 aliphatic rings. The minimum atomic E-state index is -1.23. The summed E-state index contributed by atoms with van der Waals surface area (Å²) >= 11 is 0. The molecule has 0 heterocycles. The van der Waals surface area contributed by atoms with Crippen molar-refractivity contribution >= 4 is 40.4 Å². The Balaban J connectivity index is 0.000000530. The van der Waals surface area contributed by atoms with E-state index in [1.807, 2.05) is 111 Å². The molecule has 0 radical (unpaired) electrons. The third-order valence-electron chi connectivity index (χ3n) is 9.28. The molecule has 0 fully saturated rings. The molecule has 0 spiro atoms. The molecule has 13 nitrogen and oxygen atoms in total. The van der Waals surface area contributed by atoms with E-state index >= 15 is 0 Å². The molecule has 13 heteroatoms. The third-order valence-corrected chi connectivity index (χ3v) is 9.28. The minimum absolute atomic E-state index is 0.145. The first kappa shape index (κ1) is 47.6. The normalized spacial score (nSPS) is 11.8. The SMILES string of the molecule is COc1ccc2cc(C(C)C(=O)NCCCCC(NC(=O)CNC(=O)[C@H](N)Cc3ccccc3)C(=O)NCC(=O)O)ccc2c1.Cc1ccc(O)cc1.Cc1ccccc1. The Morgan fingerprint density at radius 2 is 1.28 bits per heavy atom. The zero-order valence-electron chi connectivity index (χ0n) is 34.7. The summed E-state index contributed by atoms with van der Waals surface area (Å²) < 4.78 is 5.26. The van der Waals surface area contributed by atoms with Crippen LogP contribution in [0.4, 0.5) is 0 Å². The number of ether oxygens (including phenoxy) is 1. The van der Waals surface area contributed by atoms with Crippen LogP contribution >= 0.6 is 0 Å². The molecule has 0 saturated heterocycles. The van der Waals surface area contributed by atoms with Crippen LogP contribution in [0.3, 0.4) is 0 Å². The molecule has 0 aliphatic heterocycles. The minimum Gasteiger partial charge on any atom is -0.508 e. The molecule has 5 aromatic carbocycles. The van der Waals surface area contributed by atoms with Gasteiger partial charge in [-0.25, -0.2) is 0 Å². The molecule has 318 valence electrons. The first-order valence-corrected chi connectivity index (χ1v) is 19.7. The van der Waals surface area contributed by atoms with E-state index in [9.17, 15) is 24.0 Å². The van der Waals surface area contributed by atoms with Gasteiger partial charge in [0, 0.05) is 6.54 Å². The number of carbonyl (C=O) groups is 5. The van der Waals surface area contributed by atoms with Crippen molar-refractivity contribution in [2.45, 2.75) is 64.5 Å². The standard InChI is InChI=1S/C33H41N5O7.C7H8O.C7H8/c1-21(23-11-12-25-18-26(45-2)14-13-24(25)17-23)31(42)35-15-7-6-10-28(33(44)37-20-30(40)41)38-29(39)19-36-32(43)27(34)16-22-8-4-3-5-9-22;1-6-2-4-7(8)5-3-6;1-7-5-3-2-4-6-7/h3-5,8-9,11-14,17-18,21,27-28H,6-7,10,15-16,19-20,34H2,1-2H3,(H,35,42)(H,36,43)(H,37,44)(H,38,39)(H,40,41);2-5,8H,1H3;2-6H,1H3/t21?,27-,28?;;/m1../s1. The number of aryl methyl sites for hydroxylation is 2. The highest BCUT2D eigenvalue weighted by Crippen LogP contribution is 2.25. The number of methoxy groups -OCH3 is 1. The van der Waals surface area contributed by atoms with Crippen LogP contribution in [0.5, 0.6) is 11.5 Å². The van der Waals surface area contributed by atoms with E-state index in [-0.39, 0.29) is 18.2 Å². The number of hydrogen-bond acceptors (Lipinski definition) is 8. The second-order valence-electron chi connectivity index (χ2n) is 14.2. The van der Waals surface area contributed by atoms with Crippen LogP contribution in [0.25, 0.3) is 10.8 Å². The van der Waals surface area contributed by atoms with Gasteiger partial charge in [0.1, 0.15) is 24.1 Å². The van der Waals surface area contributed by atoms with Crippen LogP contribution in [0.1, 0.15) is 54.4 Å². The molecule has 4 amide bonds. The number of aliphatic carboxylic acids is 1. The van der Waals surface area contributed by atoms with Gasteiger partial charge in [0.25, 0.3) is 0 Å². The summed E-state index contributed by atoms with van der Waals surface area (Å²) in [5.74, 6) is -2.48.